The van der Waals surface area contributed by atoms with E-state index in [9.17, 15) is 0 Å². The van der Waals surface area contributed by atoms with Crippen molar-refractivity contribution in [2.45, 2.75) is 26.5 Å². The van der Waals surface area contributed by atoms with E-state index in [1.165, 1.54) is 0 Å². The molecule has 0 atom stereocenters. The maximum atomic E-state index is 5.91. The molecule has 0 bridgehead atoms. The second-order valence-electron chi connectivity index (χ2n) is 6.04. The van der Waals surface area contributed by atoms with Crippen molar-refractivity contribution in [1.29, 1.82) is 0 Å². The number of nitrogens with two attached hydrogens (primary N) is 1. The molecule has 8 heteroatoms. The quantitative estimate of drug-likeness (QED) is 0.489. The van der Waals surface area contributed by atoms with Crippen LogP contribution in [0.15, 0.2) is 58.0 Å². The number of nitrogens with one attached hydrogen (secondary N) is 1. The number of halogens is 1. The van der Waals surface area contributed by atoms with Crippen LogP contribution < -0.4 is 15.8 Å². The van der Waals surface area contributed by atoms with Gasteiger partial charge in [-0.1, -0.05) is 16.8 Å². The van der Waals surface area contributed by atoms with Crippen LogP contribution in [0.4, 0.5) is 5.69 Å². The molecule has 0 saturated carbocycles. The smallest absolute Gasteiger partial charge is 0.248 e. The Balaban J connectivity index is 1.58. The molecule has 7 nitrogen and oxygen atoms in total. The first-order chi connectivity index (χ1) is 13.0. The summed E-state index contributed by atoms with van der Waals surface area (Å²) < 4.78 is 10.8. The molecule has 0 radical (unpaired) electrons. The Morgan fingerprint density at radius 1 is 1.19 bits per heavy atom. The average Bonchev–Trinajstić information content (AvgIpc) is 3.11. The number of ether oxygens (including phenoxy) is 1. The lowest BCUT2D eigenvalue weighted by molar-refractivity contribution is 0.242. The van der Waals surface area contributed by atoms with Gasteiger partial charge >= 0.3 is 0 Å². The minimum atomic E-state index is 0.127. The third-order valence-corrected chi connectivity index (χ3v) is 3.71. The van der Waals surface area contributed by atoms with Crippen LogP contribution in [0, 0.1) is 0 Å². The summed E-state index contributed by atoms with van der Waals surface area (Å²) in [6.07, 6.45) is 0.127. The Hall–Kier alpha value is -3.06. The Kier molecular flexibility index (Phi) is 5.93. The number of nitrogens with zero attached hydrogens (tertiary/aromatic N) is 3. The van der Waals surface area contributed by atoms with Crippen LogP contribution in [-0.4, -0.2) is 22.2 Å². The number of hydrogen-bond acceptors (Lipinski definition) is 5. The maximum absolute atomic E-state index is 5.91. The van der Waals surface area contributed by atoms with Gasteiger partial charge in [-0.2, -0.15) is 4.98 Å². The van der Waals surface area contributed by atoms with Gasteiger partial charge in [0.05, 0.1) is 6.10 Å². The van der Waals surface area contributed by atoms with Crippen LogP contribution in [-0.2, 0) is 6.54 Å². The highest BCUT2D eigenvalue weighted by molar-refractivity contribution is 6.30. The SMILES string of the molecule is CC(C)Oc1ccc(NC(N)=NCc2nc(-c3ccc(Cl)cc3)no2)cc1. The van der Waals surface area contributed by atoms with E-state index in [-0.39, 0.29) is 18.6 Å². The van der Waals surface area contributed by atoms with Crippen molar-refractivity contribution in [3.63, 3.8) is 0 Å². The Morgan fingerprint density at radius 2 is 1.89 bits per heavy atom. The minimum absolute atomic E-state index is 0.127. The lowest BCUT2D eigenvalue weighted by atomic mass is 10.2. The zero-order valence-corrected chi connectivity index (χ0v) is 15.8. The lowest BCUT2D eigenvalue weighted by Crippen LogP contribution is -2.22. The van der Waals surface area contributed by atoms with Crippen LogP contribution in [0.1, 0.15) is 19.7 Å². The van der Waals surface area contributed by atoms with E-state index in [2.05, 4.69) is 20.4 Å². The molecule has 0 spiro atoms. The van der Waals surface area contributed by atoms with Crippen LogP contribution >= 0.6 is 11.6 Å². The number of aromatic nitrogens is 2. The molecule has 3 rings (SSSR count). The topological polar surface area (TPSA) is 98.6 Å². The van der Waals surface area contributed by atoms with Gasteiger partial charge in [-0.3, -0.25) is 0 Å². The van der Waals surface area contributed by atoms with Crippen molar-refractivity contribution in [2.24, 2.45) is 10.7 Å². The normalized spacial score (nSPS) is 11.6. The molecule has 3 N–H and O–H groups in total. The largest absolute Gasteiger partial charge is 0.491 e. The summed E-state index contributed by atoms with van der Waals surface area (Å²) in [5.41, 5.74) is 7.53. The molecule has 0 aliphatic rings. The van der Waals surface area contributed by atoms with E-state index >= 15 is 0 Å². The number of guanidine groups is 1. The second-order valence-corrected chi connectivity index (χ2v) is 6.47. The van der Waals surface area contributed by atoms with Gasteiger partial charge in [0.2, 0.25) is 11.7 Å². The van der Waals surface area contributed by atoms with Crippen LogP contribution in [0.2, 0.25) is 5.02 Å². The predicted octanol–water partition coefficient (Wildman–Crippen LogP) is 4.10. The number of rotatable bonds is 6. The van der Waals surface area contributed by atoms with Crippen LogP contribution in [0.5, 0.6) is 5.75 Å². The Labute approximate surface area is 162 Å². The van der Waals surface area contributed by atoms with E-state index in [4.69, 9.17) is 26.6 Å². The monoisotopic (exact) mass is 385 g/mol. The molecule has 0 amide bonds. The van der Waals surface area contributed by atoms with Gasteiger partial charge < -0.3 is 20.3 Å². The molecule has 0 fully saturated rings. The summed E-state index contributed by atoms with van der Waals surface area (Å²) in [5.74, 6) is 1.89. The van der Waals surface area contributed by atoms with Gasteiger partial charge in [0.25, 0.3) is 0 Å². The van der Waals surface area contributed by atoms with E-state index in [1.807, 2.05) is 50.2 Å². The molecular formula is C19H20ClN5O2. The third kappa shape index (κ3) is 5.46. The fourth-order valence-corrected chi connectivity index (χ4v) is 2.39. The van der Waals surface area contributed by atoms with Crippen molar-refractivity contribution in [3.05, 3.63) is 59.4 Å². The Bertz CT molecular complexity index is 905. The average molecular weight is 386 g/mol. The number of anilines is 1. The molecule has 140 valence electrons. The molecule has 0 aliphatic heterocycles. The van der Waals surface area contributed by atoms with E-state index in [1.54, 1.807) is 12.1 Å². The third-order valence-electron chi connectivity index (χ3n) is 3.45. The highest BCUT2D eigenvalue weighted by Gasteiger charge is 2.08. The first kappa shape index (κ1) is 18.7. The first-order valence-electron chi connectivity index (χ1n) is 8.42. The molecule has 1 aromatic heterocycles. The van der Waals surface area contributed by atoms with Crippen molar-refractivity contribution < 1.29 is 9.26 Å². The standard InChI is InChI=1S/C19H20ClN5O2/c1-12(2)26-16-9-7-15(8-10-16)23-19(21)22-11-17-24-18(25-27-17)13-3-5-14(20)6-4-13/h3-10,12H,11H2,1-2H3,(H3,21,22,23). The summed E-state index contributed by atoms with van der Waals surface area (Å²) in [5, 5.41) is 7.59. The first-order valence-corrected chi connectivity index (χ1v) is 8.79. The molecule has 0 aliphatic carbocycles. The molecule has 0 saturated heterocycles. The van der Waals surface area contributed by atoms with Crippen molar-refractivity contribution in [1.82, 2.24) is 10.1 Å². The number of aliphatic imine (C=N–C) groups is 1. The zero-order valence-electron chi connectivity index (χ0n) is 15.0. The number of benzene rings is 2. The lowest BCUT2D eigenvalue weighted by Gasteiger charge is -2.10. The van der Waals surface area contributed by atoms with Gasteiger partial charge in [0, 0.05) is 16.3 Å². The van der Waals surface area contributed by atoms with Gasteiger partial charge in [-0.05, 0) is 62.4 Å². The fraction of sp³-hybridized carbons (Fsp3) is 0.211. The summed E-state index contributed by atoms with van der Waals surface area (Å²) >= 11 is 5.88. The van der Waals surface area contributed by atoms with E-state index in [0.29, 0.717) is 16.7 Å². The summed E-state index contributed by atoms with van der Waals surface area (Å²) in [7, 11) is 0. The van der Waals surface area contributed by atoms with Gasteiger partial charge in [-0.25, -0.2) is 4.99 Å². The summed E-state index contributed by atoms with van der Waals surface area (Å²) in [6.45, 7) is 4.13. The molecular weight excluding hydrogens is 366 g/mol. The number of hydrogen-bond donors (Lipinski definition) is 2. The van der Waals surface area contributed by atoms with Gasteiger partial charge in [0.15, 0.2) is 5.96 Å². The molecule has 2 aromatic carbocycles. The second kappa shape index (κ2) is 8.55. The molecule has 1 heterocycles. The summed E-state index contributed by atoms with van der Waals surface area (Å²) in [6, 6.07) is 14.6. The fourth-order valence-electron chi connectivity index (χ4n) is 2.26. The predicted molar refractivity (Wildman–Crippen MR) is 106 cm³/mol. The Morgan fingerprint density at radius 3 is 2.56 bits per heavy atom. The summed E-state index contributed by atoms with van der Waals surface area (Å²) in [4.78, 5) is 8.52. The van der Waals surface area contributed by atoms with E-state index in [0.717, 1.165) is 17.0 Å². The van der Waals surface area contributed by atoms with Gasteiger partial charge in [-0.15, -0.1) is 0 Å². The van der Waals surface area contributed by atoms with Crippen molar-refractivity contribution in [3.8, 4) is 17.1 Å². The maximum Gasteiger partial charge on any atom is 0.248 e. The zero-order chi connectivity index (χ0) is 19.2. The molecule has 0 unspecified atom stereocenters. The van der Waals surface area contributed by atoms with E-state index < -0.39 is 0 Å². The highest BCUT2D eigenvalue weighted by Crippen LogP contribution is 2.19. The van der Waals surface area contributed by atoms with Gasteiger partial charge in [0.1, 0.15) is 12.3 Å². The van der Waals surface area contributed by atoms with Crippen molar-refractivity contribution in [2.75, 3.05) is 5.32 Å². The van der Waals surface area contributed by atoms with Crippen molar-refractivity contribution >= 4 is 23.2 Å². The highest BCUT2D eigenvalue weighted by atomic mass is 35.5. The molecule has 27 heavy (non-hydrogen) atoms. The van der Waals surface area contributed by atoms with Crippen LogP contribution in [0.25, 0.3) is 11.4 Å². The molecule has 3 aromatic rings. The van der Waals surface area contributed by atoms with Crippen LogP contribution in [0.3, 0.4) is 0 Å². The minimum Gasteiger partial charge on any atom is -0.491 e.